The van der Waals surface area contributed by atoms with Crippen LogP contribution in [0.4, 0.5) is 5.13 Å². The van der Waals surface area contributed by atoms with E-state index in [4.69, 9.17) is 14.2 Å². The maximum Gasteiger partial charge on any atom is 0.226 e. The van der Waals surface area contributed by atoms with Gasteiger partial charge in [0.15, 0.2) is 5.13 Å². The number of hydrogen-bond acceptors (Lipinski definition) is 6. The van der Waals surface area contributed by atoms with Crippen molar-refractivity contribution in [1.82, 2.24) is 4.98 Å². The molecule has 3 rings (SSSR count). The smallest absolute Gasteiger partial charge is 0.226 e. The number of rotatable bonds is 8. The Hall–Kier alpha value is -2.80. The van der Waals surface area contributed by atoms with Crippen LogP contribution < -0.4 is 19.5 Å². The lowest BCUT2D eigenvalue weighted by Gasteiger charge is -2.07. The number of nitrogens with zero attached hydrogens (tertiary/aromatic N) is 1. The number of benzene rings is 2. The third-order valence-corrected chi connectivity index (χ3v) is 4.65. The first-order chi connectivity index (χ1) is 12.7. The summed E-state index contributed by atoms with van der Waals surface area (Å²) in [6, 6.07) is 13.0. The lowest BCUT2D eigenvalue weighted by molar-refractivity contribution is -0.116. The van der Waals surface area contributed by atoms with Crippen molar-refractivity contribution in [1.29, 1.82) is 0 Å². The van der Waals surface area contributed by atoms with Gasteiger partial charge in [-0.15, -0.1) is 0 Å². The summed E-state index contributed by atoms with van der Waals surface area (Å²) in [5.41, 5.74) is 0.842. The number of amides is 1. The van der Waals surface area contributed by atoms with Gasteiger partial charge in [0.2, 0.25) is 5.91 Å². The minimum atomic E-state index is -0.0747. The van der Waals surface area contributed by atoms with Crippen LogP contribution in [-0.4, -0.2) is 31.7 Å². The third-order valence-electron chi connectivity index (χ3n) is 3.72. The Balaban J connectivity index is 1.45. The summed E-state index contributed by atoms with van der Waals surface area (Å²) in [5.74, 6) is 2.24. The van der Waals surface area contributed by atoms with Crippen LogP contribution in [-0.2, 0) is 4.79 Å². The maximum atomic E-state index is 12.1. The van der Waals surface area contributed by atoms with Crippen molar-refractivity contribution in [3.8, 4) is 17.2 Å². The number of ether oxygens (including phenoxy) is 3. The van der Waals surface area contributed by atoms with Gasteiger partial charge in [0, 0.05) is 6.42 Å². The molecule has 26 heavy (non-hydrogen) atoms. The van der Waals surface area contributed by atoms with Gasteiger partial charge in [-0.25, -0.2) is 4.98 Å². The average molecular weight is 372 g/mol. The quantitative estimate of drug-likeness (QED) is 0.603. The fourth-order valence-electron chi connectivity index (χ4n) is 2.36. The molecule has 1 N–H and O–H groups in total. The Labute approximate surface area is 155 Å². The molecule has 0 spiro atoms. The molecule has 0 radical (unpaired) electrons. The lowest BCUT2D eigenvalue weighted by atomic mass is 10.3. The topological polar surface area (TPSA) is 69.7 Å². The highest BCUT2D eigenvalue weighted by molar-refractivity contribution is 7.22. The summed E-state index contributed by atoms with van der Waals surface area (Å²) in [6.07, 6.45) is 0.992. The molecule has 0 atom stereocenters. The molecule has 1 heterocycles. The van der Waals surface area contributed by atoms with Gasteiger partial charge in [-0.1, -0.05) is 11.3 Å². The minimum absolute atomic E-state index is 0.0747. The molecule has 3 aromatic rings. The summed E-state index contributed by atoms with van der Waals surface area (Å²) in [6.45, 7) is 0.469. The van der Waals surface area contributed by atoms with Crippen molar-refractivity contribution in [3.05, 3.63) is 42.5 Å². The van der Waals surface area contributed by atoms with Gasteiger partial charge >= 0.3 is 0 Å². The molecule has 0 aliphatic carbocycles. The second-order valence-electron chi connectivity index (χ2n) is 5.53. The highest BCUT2D eigenvalue weighted by Gasteiger charge is 2.09. The summed E-state index contributed by atoms with van der Waals surface area (Å²) in [7, 11) is 3.25. The molecule has 1 amide bonds. The van der Waals surface area contributed by atoms with E-state index >= 15 is 0 Å². The first kappa shape index (κ1) is 18.0. The van der Waals surface area contributed by atoms with E-state index in [2.05, 4.69) is 10.3 Å². The van der Waals surface area contributed by atoms with Crippen molar-refractivity contribution in [2.75, 3.05) is 26.1 Å². The van der Waals surface area contributed by atoms with Crippen LogP contribution in [0.1, 0.15) is 12.8 Å². The number of fused-ring (bicyclic) bond motifs is 1. The standard InChI is InChI=1S/C19H20N2O4S/c1-23-13-5-7-14(8-6-13)25-11-3-4-18(22)21-19-20-16-10-9-15(24-2)12-17(16)26-19/h5-10,12H,3-4,11H2,1-2H3,(H,20,21,22). The molecule has 0 saturated carbocycles. The molecule has 0 aliphatic heterocycles. The fourth-order valence-corrected chi connectivity index (χ4v) is 3.27. The SMILES string of the molecule is COc1ccc(OCCCC(=O)Nc2nc3ccc(OC)cc3s2)cc1. The van der Waals surface area contributed by atoms with Crippen molar-refractivity contribution in [2.24, 2.45) is 0 Å². The van der Waals surface area contributed by atoms with E-state index in [0.29, 0.717) is 24.6 Å². The summed E-state index contributed by atoms with van der Waals surface area (Å²) >= 11 is 1.43. The molecule has 0 saturated heterocycles. The van der Waals surface area contributed by atoms with E-state index < -0.39 is 0 Å². The molecule has 0 bridgehead atoms. The molecule has 7 heteroatoms. The van der Waals surface area contributed by atoms with Crippen molar-refractivity contribution in [2.45, 2.75) is 12.8 Å². The predicted octanol–water partition coefficient (Wildman–Crippen LogP) is 4.11. The van der Waals surface area contributed by atoms with Crippen molar-refractivity contribution >= 4 is 32.6 Å². The van der Waals surface area contributed by atoms with Gasteiger partial charge in [-0.05, 0) is 48.9 Å². The Kier molecular flexibility index (Phi) is 5.91. The summed E-state index contributed by atoms with van der Waals surface area (Å²) in [4.78, 5) is 16.5. The van der Waals surface area contributed by atoms with E-state index in [9.17, 15) is 4.79 Å². The Morgan fingerprint density at radius 2 is 1.73 bits per heavy atom. The number of carbonyl (C=O) groups is 1. The van der Waals surface area contributed by atoms with E-state index in [1.165, 1.54) is 11.3 Å². The van der Waals surface area contributed by atoms with Gasteiger partial charge in [0.05, 0.1) is 31.0 Å². The van der Waals surface area contributed by atoms with Crippen molar-refractivity contribution < 1.29 is 19.0 Å². The Bertz CT molecular complexity index is 877. The molecule has 1 aromatic heterocycles. The molecular weight excluding hydrogens is 352 g/mol. The van der Waals surface area contributed by atoms with E-state index in [1.807, 2.05) is 42.5 Å². The summed E-state index contributed by atoms with van der Waals surface area (Å²) in [5, 5.41) is 3.43. The lowest BCUT2D eigenvalue weighted by Crippen LogP contribution is -2.12. The molecule has 136 valence electrons. The normalized spacial score (nSPS) is 10.5. The van der Waals surface area contributed by atoms with Crippen LogP contribution in [0.3, 0.4) is 0 Å². The van der Waals surface area contributed by atoms with Gasteiger partial charge in [-0.3, -0.25) is 4.79 Å². The number of nitrogens with one attached hydrogen (secondary N) is 1. The average Bonchev–Trinajstić information content (AvgIpc) is 3.06. The van der Waals surface area contributed by atoms with E-state index in [0.717, 1.165) is 27.5 Å². The van der Waals surface area contributed by atoms with E-state index in [-0.39, 0.29) is 5.91 Å². The minimum Gasteiger partial charge on any atom is -0.497 e. The number of methoxy groups -OCH3 is 2. The first-order valence-corrected chi connectivity index (χ1v) is 9.01. The number of anilines is 1. The zero-order valence-corrected chi connectivity index (χ0v) is 15.5. The van der Waals surface area contributed by atoms with Crippen LogP contribution in [0.15, 0.2) is 42.5 Å². The molecule has 0 aliphatic rings. The summed E-state index contributed by atoms with van der Waals surface area (Å²) < 4.78 is 16.9. The third kappa shape index (κ3) is 4.64. The van der Waals surface area contributed by atoms with Gasteiger partial charge in [-0.2, -0.15) is 0 Å². The highest BCUT2D eigenvalue weighted by Crippen LogP contribution is 2.29. The maximum absolute atomic E-state index is 12.1. The van der Waals surface area contributed by atoms with Crippen molar-refractivity contribution in [3.63, 3.8) is 0 Å². The van der Waals surface area contributed by atoms with E-state index in [1.54, 1.807) is 14.2 Å². The van der Waals surface area contributed by atoms with Crippen LogP contribution in [0.5, 0.6) is 17.2 Å². The predicted molar refractivity (Wildman–Crippen MR) is 103 cm³/mol. The Morgan fingerprint density at radius 1 is 1.04 bits per heavy atom. The van der Waals surface area contributed by atoms with Crippen LogP contribution in [0, 0.1) is 0 Å². The second kappa shape index (κ2) is 8.53. The fraction of sp³-hybridized carbons (Fsp3) is 0.263. The van der Waals surface area contributed by atoms with Crippen LogP contribution in [0.2, 0.25) is 0 Å². The van der Waals surface area contributed by atoms with Crippen LogP contribution in [0.25, 0.3) is 10.2 Å². The van der Waals surface area contributed by atoms with Gasteiger partial charge in [0.1, 0.15) is 17.2 Å². The number of carbonyl (C=O) groups excluding carboxylic acids is 1. The molecule has 0 unspecified atom stereocenters. The molecule has 0 fully saturated rings. The molecule has 6 nitrogen and oxygen atoms in total. The zero-order chi connectivity index (χ0) is 18.4. The van der Waals surface area contributed by atoms with Gasteiger partial charge < -0.3 is 19.5 Å². The second-order valence-corrected chi connectivity index (χ2v) is 6.56. The van der Waals surface area contributed by atoms with Gasteiger partial charge in [0.25, 0.3) is 0 Å². The monoisotopic (exact) mass is 372 g/mol. The number of thiazole rings is 1. The van der Waals surface area contributed by atoms with Crippen LogP contribution >= 0.6 is 11.3 Å². The largest absolute Gasteiger partial charge is 0.497 e. The number of hydrogen-bond donors (Lipinski definition) is 1. The number of aromatic nitrogens is 1. The molecular formula is C19H20N2O4S. The Morgan fingerprint density at radius 3 is 2.46 bits per heavy atom. The molecule has 2 aromatic carbocycles. The zero-order valence-electron chi connectivity index (χ0n) is 14.7. The first-order valence-electron chi connectivity index (χ1n) is 8.19. The highest BCUT2D eigenvalue weighted by atomic mass is 32.1.